The van der Waals surface area contributed by atoms with Gasteiger partial charge in [0.15, 0.2) is 0 Å². The van der Waals surface area contributed by atoms with Crippen LogP contribution in [0.2, 0.25) is 0 Å². The molecule has 0 heterocycles. The lowest BCUT2D eigenvalue weighted by Crippen LogP contribution is -2.26. The Labute approximate surface area is 50.7 Å². The van der Waals surface area contributed by atoms with Gasteiger partial charge in [0, 0.05) is 0 Å². The molecule has 1 fully saturated rings. The molecule has 0 aliphatic heterocycles. The molecule has 0 bridgehead atoms. The first-order chi connectivity index (χ1) is 3.63. The molecule has 0 spiro atoms. The molecular formula is C7H14O. The van der Waals surface area contributed by atoms with Gasteiger partial charge in [0.25, 0.3) is 0 Å². The predicted molar refractivity (Wildman–Crippen MR) is 33.6 cm³/mol. The SMILES string of the molecule is C[C@@H]1CCCC1(C)O. The Bertz CT molecular complexity index is 86.4. The van der Waals surface area contributed by atoms with E-state index in [2.05, 4.69) is 6.92 Å². The molecule has 0 aromatic carbocycles. The molecule has 0 saturated heterocycles. The molecule has 0 aromatic rings. The Morgan fingerprint density at radius 2 is 2.25 bits per heavy atom. The monoisotopic (exact) mass is 114 g/mol. The highest BCUT2D eigenvalue weighted by Crippen LogP contribution is 2.34. The maximum absolute atomic E-state index is 9.46. The molecule has 1 saturated carbocycles. The van der Waals surface area contributed by atoms with Crippen LogP contribution < -0.4 is 0 Å². The fourth-order valence-corrected chi connectivity index (χ4v) is 1.32. The minimum atomic E-state index is -0.347. The summed E-state index contributed by atoms with van der Waals surface area (Å²) in [5.41, 5.74) is -0.347. The minimum absolute atomic E-state index is 0.347. The van der Waals surface area contributed by atoms with E-state index in [-0.39, 0.29) is 5.60 Å². The van der Waals surface area contributed by atoms with Crippen LogP contribution in [0.3, 0.4) is 0 Å². The zero-order chi connectivity index (χ0) is 6.20. The average Bonchev–Trinajstić information content (AvgIpc) is 1.86. The first kappa shape index (κ1) is 6.09. The van der Waals surface area contributed by atoms with E-state index in [1.807, 2.05) is 6.92 Å². The third-order valence-electron chi connectivity index (χ3n) is 2.38. The van der Waals surface area contributed by atoms with Crippen molar-refractivity contribution in [1.29, 1.82) is 0 Å². The Morgan fingerprint density at radius 3 is 2.38 bits per heavy atom. The fraction of sp³-hybridized carbons (Fsp3) is 1.00. The molecule has 0 amide bonds. The maximum Gasteiger partial charge on any atom is 0.0645 e. The molecule has 1 nitrogen and oxygen atoms in total. The van der Waals surface area contributed by atoms with Crippen molar-refractivity contribution in [3.8, 4) is 0 Å². The first-order valence-electron chi connectivity index (χ1n) is 3.35. The highest BCUT2D eigenvalue weighted by Gasteiger charge is 2.32. The quantitative estimate of drug-likeness (QED) is 0.506. The van der Waals surface area contributed by atoms with E-state index >= 15 is 0 Å². The van der Waals surface area contributed by atoms with Gasteiger partial charge in [0.1, 0.15) is 0 Å². The van der Waals surface area contributed by atoms with Gasteiger partial charge in [-0.15, -0.1) is 0 Å². The molecule has 1 rings (SSSR count). The van der Waals surface area contributed by atoms with Crippen LogP contribution in [0.25, 0.3) is 0 Å². The Kier molecular flexibility index (Phi) is 1.31. The van der Waals surface area contributed by atoms with Crippen molar-refractivity contribution in [3.63, 3.8) is 0 Å². The van der Waals surface area contributed by atoms with Gasteiger partial charge in [-0.2, -0.15) is 0 Å². The third-order valence-corrected chi connectivity index (χ3v) is 2.38. The van der Waals surface area contributed by atoms with Crippen LogP contribution in [-0.2, 0) is 0 Å². The second-order valence-corrected chi connectivity index (χ2v) is 3.15. The number of rotatable bonds is 0. The summed E-state index contributed by atoms with van der Waals surface area (Å²) in [5, 5.41) is 9.46. The molecule has 48 valence electrons. The largest absolute Gasteiger partial charge is 0.390 e. The van der Waals surface area contributed by atoms with Gasteiger partial charge < -0.3 is 5.11 Å². The summed E-state index contributed by atoms with van der Waals surface area (Å²) in [7, 11) is 0. The molecule has 8 heavy (non-hydrogen) atoms. The maximum atomic E-state index is 9.46. The van der Waals surface area contributed by atoms with Crippen molar-refractivity contribution >= 4 is 0 Å². The lowest BCUT2D eigenvalue weighted by molar-refractivity contribution is 0.0284. The topological polar surface area (TPSA) is 20.2 Å². The summed E-state index contributed by atoms with van der Waals surface area (Å²) >= 11 is 0. The predicted octanol–water partition coefficient (Wildman–Crippen LogP) is 1.56. The Balaban J connectivity index is 2.54. The minimum Gasteiger partial charge on any atom is -0.390 e. The molecule has 1 aliphatic rings. The van der Waals surface area contributed by atoms with Crippen molar-refractivity contribution < 1.29 is 5.11 Å². The molecule has 1 heteroatoms. The Hall–Kier alpha value is -0.0400. The molecule has 1 aliphatic carbocycles. The van der Waals surface area contributed by atoms with E-state index in [1.165, 1.54) is 12.8 Å². The second-order valence-electron chi connectivity index (χ2n) is 3.15. The van der Waals surface area contributed by atoms with Gasteiger partial charge >= 0.3 is 0 Å². The molecule has 1 N–H and O–H groups in total. The number of hydrogen-bond acceptors (Lipinski definition) is 1. The lowest BCUT2D eigenvalue weighted by Gasteiger charge is -2.20. The number of hydrogen-bond donors (Lipinski definition) is 1. The summed E-state index contributed by atoms with van der Waals surface area (Å²) < 4.78 is 0. The van der Waals surface area contributed by atoms with Crippen molar-refractivity contribution in [2.75, 3.05) is 0 Å². The fourth-order valence-electron chi connectivity index (χ4n) is 1.32. The van der Waals surface area contributed by atoms with Crippen LogP contribution in [-0.4, -0.2) is 10.7 Å². The second kappa shape index (κ2) is 1.73. The zero-order valence-corrected chi connectivity index (χ0v) is 5.65. The van der Waals surface area contributed by atoms with Crippen LogP contribution in [0.1, 0.15) is 33.1 Å². The third kappa shape index (κ3) is 0.873. The van der Waals surface area contributed by atoms with Gasteiger partial charge in [-0.05, 0) is 25.7 Å². The standard InChI is InChI=1S/C7H14O/c1-6-4-3-5-7(6,2)8/h6,8H,3-5H2,1-2H3/t6-,7?/m1/s1. The molecule has 0 aromatic heterocycles. The van der Waals surface area contributed by atoms with E-state index in [0.717, 1.165) is 6.42 Å². The molecule has 2 atom stereocenters. The van der Waals surface area contributed by atoms with Crippen LogP contribution in [0.5, 0.6) is 0 Å². The smallest absolute Gasteiger partial charge is 0.0645 e. The van der Waals surface area contributed by atoms with Gasteiger partial charge in [-0.3, -0.25) is 0 Å². The number of aliphatic hydroxyl groups is 1. The summed E-state index contributed by atoms with van der Waals surface area (Å²) in [6.07, 6.45) is 3.40. The van der Waals surface area contributed by atoms with Crippen molar-refractivity contribution in [1.82, 2.24) is 0 Å². The van der Waals surface area contributed by atoms with E-state index in [0.29, 0.717) is 5.92 Å². The lowest BCUT2D eigenvalue weighted by atomic mass is 9.95. The van der Waals surface area contributed by atoms with E-state index in [9.17, 15) is 5.11 Å². The van der Waals surface area contributed by atoms with Crippen molar-refractivity contribution in [2.24, 2.45) is 5.92 Å². The average molecular weight is 114 g/mol. The zero-order valence-electron chi connectivity index (χ0n) is 5.65. The van der Waals surface area contributed by atoms with Crippen LogP contribution >= 0.6 is 0 Å². The van der Waals surface area contributed by atoms with Crippen LogP contribution in [0.4, 0.5) is 0 Å². The summed E-state index contributed by atoms with van der Waals surface area (Å²) in [4.78, 5) is 0. The van der Waals surface area contributed by atoms with Gasteiger partial charge in [0.05, 0.1) is 5.60 Å². The Morgan fingerprint density at radius 1 is 1.62 bits per heavy atom. The summed E-state index contributed by atoms with van der Waals surface area (Å²) in [6.45, 7) is 4.05. The highest BCUT2D eigenvalue weighted by molar-refractivity contribution is 4.84. The van der Waals surface area contributed by atoms with Gasteiger partial charge in [-0.25, -0.2) is 0 Å². The van der Waals surface area contributed by atoms with Crippen LogP contribution in [0, 0.1) is 5.92 Å². The van der Waals surface area contributed by atoms with E-state index in [4.69, 9.17) is 0 Å². The van der Waals surface area contributed by atoms with Gasteiger partial charge in [0.2, 0.25) is 0 Å². The highest BCUT2D eigenvalue weighted by atomic mass is 16.3. The first-order valence-corrected chi connectivity index (χ1v) is 3.35. The molecular weight excluding hydrogens is 100 g/mol. The molecule has 1 unspecified atom stereocenters. The van der Waals surface area contributed by atoms with Crippen molar-refractivity contribution in [3.05, 3.63) is 0 Å². The van der Waals surface area contributed by atoms with E-state index in [1.54, 1.807) is 0 Å². The summed E-state index contributed by atoms with van der Waals surface area (Å²) in [6, 6.07) is 0. The van der Waals surface area contributed by atoms with Crippen LogP contribution in [0.15, 0.2) is 0 Å². The van der Waals surface area contributed by atoms with E-state index < -0.39 is 0 Å². The normalized spacial score (nSPS) is 47.6. The summed E-state index contributed by atoms with van der Waals surface area (Å²) in [5.74, 6) is 0.516. The van der Waals surface area contributed by atoms with Crippen molar-refractivity contribution in [2.45, 2.75) is 38.7 Å². The van der Waals surface area contributed by atoms with Gasteiger partial charge in [-0.1, -0.05) is 13.3 Å². The molecule has 0 radical (unpaired) electrons.